The fourth-order valence-corrected chi connectivity index (χ4v) is 3.61. The molecule has 0 radical (unpaired) electrons. The van der Waals surface area contributed by atoms with Gasteiger partial charge in [-0.2, -0.15) is 0 Å². The van der Waals surface area contributed by atoms with Gasteiger partial charge in [-0.3, -0.25) is 9.59 Å². The Labute approximate surface area is 151 Å². The van der Waals surface area contributed by atoms with Crippen molar-refractivity contribution >= 4 is 28.1 Å². The average Bonchev–Trinajstić information content (AvgIpc) is 3.09. The standard InChI is InChI=1S/C20H22N2O2S/c1-4-19(23)22(12-17-6-5-7-25-17)11-16-10-15-8-13(2)14(3)9-18(15)21-20(16)24/h5-10H,4,11-12H2,1-3H3,(H,21,24). The number of aryl methyl sites for hydroxylation is 2. The van der Waals surface area contributed by atoms with Gasteiger partial charge in [0.2, 0.25) is 5.91 Å². The van der Waals surface area contributed by atoms with Crippen LogP contribution in [0.4, 0.5) is 0 Å². The molecule has 130 valence electrons. The van der Waals surface area contributed by atoms with E-state index in [0.717, 1.165) is 21.3 Å². The molecule has 0 fully saturated rings. The van der Waals surface area contributed by atoms with Crippen LogP contribution in [-0.2, 0) is 17.9 Å². The number of fused-ring (bicyclic) bond motifs is 1. The third kappa shape index (κ3) is 3.82. The van der Waals surface area contributed by atoms with Crippen molar-refractivity contribution in [1.82, 2.24) is 9.88 Å². The molecule has 4 nitrogen and oxygen atoms in total. The second-order valence-electron chi connectivity index (χ2n) is 6.33. The average molecular weight is 354 g/mol. The Morgan fingerprint density at radius 3 is 2.60 bits per heavy atom. The van der Waals surface area contributed by atoms with Gasteiger partial charge in [0.15, 0.2) is 0 Å². The molecule has 3 rings (SSSR count). The SMILES string of the molecule is CCC(=O)N(Cc1cccs1)Cc1cc2cc(C)c(C)cc2[nH]c1=O. The van der Waals surface area contributed by atoms with Gasteiger partial charge in [0.1, 0.15) is 0 Å². The van der Waals surface area contributed by atoms with E-state index in [-0.39, 0.29) is 11.5 Å². The lowest BCUT2D eigenvalue weighted by molar-refractivity contribution is -0.132. The van der Waals surface area contributed by atoms with E-state index < -0.39 is 0 Å². The number of nitrogens with one attached hydrogen (secondary N) is 1. The second-order valence-corrected chi connectivity index (χ2v) is 7.36. The van der Waals surface area contributed by atoms with Crippen molar-refractivity contribution in [2.75, 3.05) is 0 Å². The van der Waals surface area contributed by atoms with Crippen LogP contribution >= 0.6 is 11.3 Å². The molecule has 1 N–H and O–H groups in total. The number of hydrogen-bond acceptors (Lipinski definition) is 3. The number of hydrogen-bond donors (Lipinski definition) is 1. The minimum atomic E-state index is -0.129. The van der Waals surface area contributed by atoms with Crippen molar-refractivity contribution in [2.24, 2.45) is 0 Å². The van der Waals surface area contributed by atoms with Crippen LogP contribution < -0.4 is 5.56 Å². The number of benzene rings is 1. The Kier molecular flexibility index (Phi) is 5.04. The third-order valence-electron chi connectivity index (χ3n) is 4.48. The summed E-state index contributed by atoms with van der Waals surface area (Å²) < 4.78 is 0. The number of pyridine rings is 1. The highest BCUT2D eigenvalue weighted by Crippen LogP contribution is 2.19. The molecule has 2 aromatic heterocycles. The highest BCUT2D eigenvalue weighted by atomic mass is 32.1. The fraction of sp³-hybridized carbons (Fsp3) is 0.300. The summed E-state index contributed by atoms with van der Waals surface area (Å²) in [6.07, 6.45) is 0.426. The molecule has 0 aliphatic heterocycles. The maximum Gasteiger partial charge on any atom is 0.253 e. The number of nitrogens with zero attached hydrogens (tertiary/aromatic N) is 1. The topological polar surface area (TPSA) is 53.2 Å². The van der Waals surface area contributed by atoms with Crippen molar-refractivity contribution in [3.05, 3.63) is 67.6 Å². The van der Waals surface area contributed by atoms with Crippen LogP contribution in [0, 0.1) is 13.8 Å². The molecule has 5 heteroatoms. The molecule has 0 saturated carbocycles. The number of rotatable bonds is 5. The molecule has 0 aliphatic rings. The van der Waals surface area contributed by atoms with E-state index in [9.17, 15) is 9.59 Å². The van der Waals surface area contributed by atoms with Crippen molar-refractivity contribution < 1.29 is 4.79 Å². The number of thiophene rings is 1. The Morgan fingerprint density at radius 1 is 1.16 bits per heavy atom. The zero-order chi connectivity index (χ0) is 18.0. The first-order valence-corrected chi connectivity index (χ1v) is 9.29. The van der Waals surface area contributed by atoms with Gasteiger partial charge in [-0.15, -0.1) is 11.3 Å². The van der Waals surface area contributed by atoms with Gasteiger partial charge < -0.3 is 9.88 Å². The Morgan fingerprint density at radius 2 is 1.92 bits per heavy atom. The number of carbonyl (C=O) groups excluding carboxylic acids is 1. The molecule has 0 aliphatic carbocycles. The lowest BCUT2D eigenvalue weighted by atomic mass is 10.0. The zero-order valence-corrected chi connectivity index (χ0v) is 15.6. The summed E-state index contributed by atoms with van der Waals surface area (Å²) in [4.78, 5) is 30.6. The third-order valence-corrected chi connectivity index (χ3v) is 5.34. The summed E-state index contributed by atoms with van der Waals surface area (Å²) in [6, 6.07) is 9.97. The Balaban J connectivity index is 1.95. The van der Waals surface area contributed by atoms with E-state index in [1.54, 1.807) is 16.2 Å². The minimum Gasteiger partial charge on any atom is -0.333 e. The van der Waals surface area contributed by atoms with Crippen LogP contribution in [0.15, 0.2) is 40.5 Å². The highest BCUT2D eigenvalue weighted by Gasteiger charge is 2.16. The predicted octanol–water partition coefficient (Wildman–Crippen LogP) is 4.15. The summed E-state index contributed by atoms with van der Waals surface area (Å²) in [7, 11) is 0. The van der Waals surface area contributed by atoms with Crippen LogP contribution in [-0.4, -0.2) is 15.8 Å². The number of aromatic nitrogens is 1. The number of aromatic amines is 1. The normalized spacial score (nSPS) is 11.0. The molecule has 0 unspecified atom stereocenters. The van der Waals surface area contributed by atoms with Crippen LogP contribution in [0.2, 0.25) is 0 Å². The number of H-pyrrole nitrogens is 1. The highest BCUT2D eigenvalue weighted by molar-refractivity contribution is 7.09. The van der Waals surface area contributed by atoms with Gasteiger partial charge in [-0.05, 0) is 60.0 Å². The Bertz CT molecular complexity index is 958. The maximum absolute atomic E-state index is 12.5. The lowest BCUT2D eigenvalue weighted by Gasteiger charge is -2.21. The van der Waals surface area contributed by atoms with Crippen molar-refractivity contribution in [3.63, 3.8) is 0 Å². The molecular formula is C20H22N2O2S. The first-order chi connectivity index (χ1) is 12.0. The smallest absolute Gasteiger partial charge is 0.253 e. The summed E-state index contributed by atoms with van der Waals surface area (Å²) in [5.74, 6) is 0.0491. The molecule has 0 spiro atoms. The molecule has 1 aromatic carbocycles. The van der Waals surface area contributed by atoms with Gasteiger partial charge >= 0.3 is 0 Å². The zero-order valence-electron chi connectivity index (χ0n) is 14.8. The Hall–Kier alpha value is -2.40. The van der Waals surface area contributed by atoms with Crippen LogP contribution in [0.25, 0.3) is 10.9 Å². The van der Waals surface area contributed by atoms with Gasteiger partial charge in [-0.25, -0.2) is 0 Å². The van der Waals surface area contributed by atoms with Gasteiger partial charge in [0.25, 0.3) is 5.56 Å². The molecule has 0 saturated heterocycles. The monoisotopic (exact) mass is 354 g/mol. The molecule has 0 bridgehead atoms. The molecular weight excluding hydrogens is 332 g/mol. The number of amides is 1. The van der Waals surface area contributed by atoms with Crippen molar-refractivity contribution in [1.29, 1.82) is 0 Å². The largest absolute Gasteiger partial charge is 0.333 e. The van der Waals surface area contributed by atoms with E-state index >= 15 is 0 Å². The van der Waals surface area contributed by atoms with Gasteiger partial charge in [0, 0.05) is 22.4 Å². The van der Waals surface area contributed by atoms with Crippen LogP contribution in [0.5, 0.6) is 0 Å². The summed E-state index contributed by atoms with van der Waals surface area (Å²) in [5.41, 5.74) is 3.66. The lowest BCUT2D eigenvalue weighted by Crippen LogP contribution is -2.31. The van der Waals surface area contributed by atoms with Gasteiger partial charge in [0.05, 0.1) is 13.1 Å². The molecule has 0 atom stereocenters. The van der Waals surface area contributed by atoms with E-state index in [0.29, 0.717) is 25.1 Å². The maximum atomic E-state index is 12.5. The first kappa shape index (κ1) is 17.4. The molecule has 3 aromatic rings. The summed E-state index contributed by atoms with van der Waals surface area (Å²) in [5, 5.41) is 3.00. The molecule has 2 heterocycles. The summed E-state index contributed by atoms with van der Waals surface area (Å²) >= 11 is 1.62. The fourth-order valence-electron chi connectivity index (χ4n) is 2.89. The van der Waals surface area contributed by atoms with Crippen molar-refractivity contribution in [2.45, 2.75) is 40.3 Å². The van der Waals surface area contributed by atoms with Crippen LogP contribution in [0.3, 0.4) is 0 Å². The quantitative estimate of drug-likeness (QED) is 0.748. The van der Waals surface area contributed by atoms with Crippen LogP contribution in [0.1, 0.15) is 34.9 Å². The van der Waals surface area contributed by atoms with Crippen molar-refractivity contribution in [3.8, 4) is 0 Å². The predicted molar refractivity (Wildman–Crippen MR) is 103 cm³/mol. The first-order valence-electron chi connectivity index (χ1n) is 8.41. The molecule has 1 amide bonds. The van der Waals surface area contributed by atoms with E-state index in [1.807, 2.05) is 43.5 Å². The second kappa shape index (κ2) is 7.23. The van der Waals surface area contributed by atoms with E-state index in [2.05, 4.69) is 18.0 Å². The number of carbonyl (C=O) groups is 1. The van der Waals surface area contributed by atoms with Gasteiger partial charge in [-0.1, -0.05) is 13.0 Å². The van der Waals surface area contributed by atoms with E-state index in [1.165, 1.54) is 5.56 Å². The molecule has 25 heavy (non-hydrogen) atoms. The minimum absolute atomic E-state index is 0.0491. The van der Waals surface area contributed by atoms with E-state index in [4.69, 9.17) is 0 Å². The summed E-state index contributed by atoms with van der Waals surface area (Å²) in [6.45, 7) is 6.80.